The summed E-state index contributed by atoms with van der Waals surface area (Å²) in [4.78, 5) is 11.0. The third-order valence-corrected chi connectivity index (χ3v) is 5.08. The summed E-state index contributed by atoms with van der Waals surface area (Å²) in [6.45, 7) is 0.292. The Kier molecular flexibility index (Phi) is 6.04. The van der Waals surface area contributed by atoms with E-state index in [2.05, 4.69) is 4.74 Å². The summed E-state index contributed by atoms with van der Waals surface area (Å²) in [5, 5.41) is 8.81. The number of ether oxygens (including phenoxy) is 1. The van der Waals surface area contributed by atoms with E-state index in [1.165, 1.54) is 11.4 Å². The zero-order valence-corrected chi connectivity index (χ0v) is 11.5. The Morgan fingerprint density at radius 1 is 1.44 bits per heavy atom. The molecule has 1 N–H and O–H groups in total. The fourth-order valence-electron chi connectivity index (χ4n) is 1.88. The lowest BCUT2D eigenvalue weighted by atomic mass is 9.93. The minimum atomic E-state index is -3.44. The molecule has 0 unspecified atom stereocenters. The van der Waals surface area contributed by atoms with Gasteiger partial charge in [0, 0.05) is 19.2 Å². The van der Waals surface area contributed by atoms with Crippen molar-refractivity contribution in [1.29, 1.82) is 0 Å². The molecular weight excluding hydrogens is 258 g/mol. The minimum Gasteiger partial charge on any atom is -0.469 e. The largest absolute Gasteiger partial charge is 0.469 e. The molecule has 106 valence electrons. The first-order valence-electron chi connectivity index (χ1n) is 6.18. The minimum absolute atomic E-state index is 0.0320. The molecule has 0 aromatic heterocycles. The highest BCUT2D eigenvalue weighted by Gasteiger charge is 2.33. The lowest BCUT2D eigenvalue weighted by Gasteiger charge is -2.36. The highest BCUT2D eigenvalue weighted by Crippen LogP contribution is 2.27. The third kappa shape index (κ3) is 4.22. The van der Waals surface area contributed by atoms with E-state index in [0.29, 0.717) is 13.0 Å². The van der Waals surface area contributed by atoms with Crippen LogP contribution in [0.1, 0.15) is 32.1 Å². The first-order valence-corrected chi connectivity index (χ1v) is 7.79. The maximum Gasteiger partial charge on any atom is 0.306 e. The van der Waals surface area contributed by atoms with E-state index >= 15 is 0 Å². The SMILES string of the molecule is COC(=O)CCS(=O)(=O)N(CCCO)C1CCC1. The Labute approximate surface area is 108 Å². The van der Waals surface area contributed by atoms with Gasteiger partial charge in [-0.1, -0.05) is 6.42 Å². The first kappa shape index (κ1) is 15.4. The zero-order chi connectivity index (χ0) is 13.6. The molecule has 0 atom stereocenters. The second-order valence-electron chi connectivity index (χ2n) is 4.41. The van der Waals surface area contributed by atoms with Crippen molar-refractivity contribution in [3.8, 4) is 0 Å². The van der Waals surface area contributed by atoms with E-state index in [1.54, 1.807) is 0 Å². The topological polar surface area (TPSA) is 83.9 Å². The van der Waals surface area contributed by atoms with Gasteiger partial charge in [-0.05, 0) is 19.3 Å². The lowest BCUT2D eigenvalue weighted by molar-refractivity contribution is -0.140. The number of hydrogen-bond acceptors (Lipinski definition) is 5. The normalized spacial score (nSPS) is 16.6. The van der Waals surface area contributed by atoms with Gasteiger partial charge in [0.1, 0.15) is 0 Å². The number of carbonyl (C=O) groups excluding carboxylic acids is 1. The number of sulfonamides is 1. The second kappa shape index (κ2) is 7.06. The predicted molar refractivity (Wildman–Crippen MR) is 66.5 cm³/mol. The molecule has 7 heteroatoms. The van der Waals surface area contributed by atoms with Gasteiger partial charge in [0.05, 0.1) is 19.3 Å². The summed E-state index contributed by atoms with van der Waals surface area (Å²) in [6, 6.07) is 0.0409. The summed E-state index contributed by atoms with van der Waals surface area (Å²) in [5.41, 5.74) is 0. The van der Waals surface area contributed by atoms with Crippen molar-refractivity contribution >= 4 is 16.0 Å². The van der Waals surface area contributed by atoms with Crippen molar-refractivity contribution < 1.29 is 23.1 Å². The summed E-state index contributed by atoms with van der Waals surface area (Å²) < 4.78 is 30.1. The molecule has 0 aromatic carbocycles. The van der Waals surface area contributed by atoms with E-state index in [9.17, 15) is 13.2 Å². The van der Waals surface area contributed by atoms with Gasteiger partial charge in [0.2, 0.25) is 10.0 Å². The molecule has 0 amide bonds. The van der Waals surface area contributed by atoms with Crippen molar-refractivity contribution in [2.75, 3.05) is 26.0 Å². The van der Waals surface area contributed by atoms with E-state index in [1.807, 2.05) is 0 Å². The Balaban J connectivity index is 2.60. The molecule has 18 heavy (non-hydrogen) atoms. The lowest BCUT2D eigenvalue weighted by Crippen LogP contribution is -2.46. The quantitative estimate of drug-likeness (QED) is 0.638. The average molecular weight is 279 g/mol. The van der Waals surface area contributed by atoms with Gasteiger partial charge in [0.15, 0.2) is 0 Å². The van der Waals surface area contributed by atoms with Crippen LogP contribution in [0, 0.1) is 0 Å². The average Bonchev–Trinajstić information content (AvgIpc) is 2.28. The third-order valence-electron chi connectivity index (χ3n) is 3.17. The van der Waals surface area contributed by atoms with Gasteiger partial charge in [-0.2, -0.15) is 4.31 Å². The number of carbonyl (C=O) groups is 1. The molecule has 0 saturated heterocycles. The van der Waals surface area contributed by atoms with E-state index in [4.69, 9.17) is 5.11 Å². The molecule has 1 saturated carbocycles. The van der Waals surface area contributed by atoms with Crippen LogP contribution in [0.5, 0.6) is 0 Å². The Bertz CT molecular complexity index is 364. The molecule has 1 fully saturated rings. The Hall–Kier alpha value is -0.660. The fourth-order valence-corrected chi connectivity index (χ4v) is 3.61. The van der Waals surface area contributed by atoms with E-state index < -0.39 is 16.0 Å². The van der Waals surface area contributed by atoms with Gasteiger partial charge in [0.25, 0.3) is 0 Å². The van der Waals surface area contributed by atoms with Gasteiger partial charge in [-0.15, -0.1) is 0 Å². The first-order chi connectivity index (χ1) is 8.51. The molecule has 1 aliphatic carbocycles. The highest BCUT2D eigenvalue weighted by atomic mass is 32.2. The number of aliphatic hydroxyl groups is 1. The van der Waals surface area contributed by atoms with Crippen molar-refractivity contribution in [1.82, 2.24) is 4.31 Å². The van der Waals surface area contributed by atoms with Crippen LogP contribution >= 0.6 is 0 Å². The van der Waals surface area contributed by atoms with Crippen LogP contribution in [0.25, 0.3) is 0 Å². The smallest absolute Gasteiger partial charge is 0.306 e. The number of hydrogen-bond donors (Lipinski definition) is 1. The monoisotopic (exact) mass is 279 g/mol. The summed E-state index contributed by atoms with van der Waals surface area (Å²) in [6.07, 6.45) is 3.06. The second-order valence-corrected chi connectivity index (χ2v) is 6.46. The summed E-state index contributed by atoms with van der Waals surface area (Å²) in [7, 11) is -2.20. The molecular formula is C11H21NO5S. The van der Waals surface area contributed by atoms with Crippen LogP contribution < -0.4 is 0 Å². The van der Waals surface area contributed by atoms with Crippen LogP contribution in [0.2, 0.25) is 0 Å². The molecule has 1 rings (SSSR count). The van der Waals surface area contributed by atoms with E-state index in [-0.39, 0.29) is 24.8 Å². The van der Waals surface area contributed by atoms with Gasteiger partial charge in [-0.3, -0.25) is 4.79 Å². The van der Waals surface area contributed by atoms with Gasteiger partial charge in [-0.25, -0.2) is 8.42 Å². The maximum absolute atomic E-state index is 12.1. The summed E-state index contributed by atoms with van der Waals surface area (Å²) >= 11 is 0. The van der Waals surface area contributed by atoms with Crippen molar-refractivity contribution in [3.05, 3.63) is 0 Å². The van der Waals surface area contributed by atoms with Crippen LogP contribution in [0.15, 0.2) is 0 Å². The number of nitrogens with zero attached hydrogens (tertiary/aromatic N) is 1. The number of esters is 1. The number of aliphatic hydroxyl groups excluding tert-OH is 1. The number of methoxy groups -OCH3 is 1. The van der Waals surface area contributed by atoms with Crippen molar-refractivity contribution in [2.45, 2.75) is 38.1 Å². The molecule has 0 heterocycles. The Morgan fingerprint density at radius 2 is 2.11 bits per heavy atom. The highest BCUT2D eigenvalue weighted by molar-refractivity contribution is 7.89. The van der Waals surface area contributed by atoms with Crippen molar-refractivity contribution in [3.63, 3.8) is 0 Å². The fraction of sp³-hybridized carbons (Fsp3) is 0.909. The standard InChI is InChI=1S/C11H21NO5S/c1-17-11(14)6-9-18(15,16)12(7-3-8-13)10-4-2-5-10/h10,13H,2-9H2,1H3. The molecule has 0 aromatic rings. The van der Waals surface area contributed by atoms with E-state index in [0.717, 1.165) is 19.3 Å². The van der Waals surface area contributed by atoms with Crippen LogP contribution in [-0.4, -0.2) is 55.9 Å². The number of rotatable bonds is 8. The van der Waals surface area contributed by atoms with Crippen molar-refractivity contribution in [2.24, 2.45) is 0 Å². The van der Waals surface area contributed by atoms with Crippen LogP contribution in [0.3, 0.4) is 0 Å². The van der Waals surface area contributed by atoms with Gasteiger partial charge < -0.3 is 9.84 Å². The molecule has 6 nitrogen and oxygen atoms in total. The molecule has 0 bridgehead atoms. The maximum atomic E-state index is 12.1. The predicted octanol–water partition coefficient (Wildman–Crippen LogP) is 0.116. The molecule has 0 spiro atoms. The van der Waals surface area contributed by atoms with Crippen LogP contribution in [-0.2, 0) is 19.6 Å². The van der Waals surface area contributed by atoms with Gasteiger partial charge >= 0.3 is 5.97 Å². The Morgan fingerprint density at radius 3 is 2.56 bits per heavy atom. The molecule has 1 aliphatic rings. The van der Waals surface area contributed by atoms with Crippen LogP contribution in [0.4, 0.5) is 0 Å². The summed E-state index contributed by atoms with van der Waals surface area (Å²) in [5.74, 6) is -0.740. The molecule has 0 aliphatic heterocycles. The molecule has 0 radical (unpaired) electrons. The zero-order valence-electron chi connectivity index (χ0n) is 10.7.